The average molecular weight is 398 g/mol. The Morgan fingerprint density at radius 1 is 1.43 bits per heavy atom. The highest BCUT2D eigenvalue weighted by Crippen LogP contribution is 2.34. The van der Waals surface area contributed by atoms with Crippen molar-refractivity contribution in [3.63, 3.8) is 0 Å². The van der Waals surface area contributed by atoms with Crippen LogP contribution < -0.4 is 0 Å². The summed E-state index contributed by atoms with van der Waals surface area (Å²) in [5, 5.41) is 0. The second kappa shape index (κ2) is 6.33. The summed E-state index contributed by atoms with van der Waals surface area (Å²) in [6.07, 6.45) is -0.331. The fraction of sp³-hybridized carbons (Fsp3) is 0.583. The van der Waals surface area contributed by atoms with E-state index in [0.717, 1.165) is 11.3 Å². The van der Waals surface area contributed by atoms with Gasteiger partial charge in [-0.2, -0.15) is 4.31 Å². The van der Waals surface area contributed by atoms with Crippen LogP contribution in [0, 0.1) is 0 Å². The lowest BCUT2D eigenvalue weighted by Gasteiger charge is -2.34. The minimum absolute atomic E-state index is 0.0919. The Bertz CT molecular complexity index is 632. The van der Waals surface area contributed by atoms with Crippen LogP contribution in [0.4, 0.5) is 0 Å². The van der Waals surface area contributed by atoms with Crippen molar-refractivity contribution in [1.29, 1.82) is 0 Å². The summed E-state index contributed by atoms with van der Waals surface area (Å²) in [6, 6.07) is 1.35. The van der Waals surface area contributed by atoms with Crippen LogP contribution in [-0.4, -0.2) is 51.1 Å². The van der Waals surface area contributed by atoms with Gasteiger partial charge >= 0.3 is 5.97 Å². The van der Waals surface area contributed by atoms with E-state index >= 15 is 0 Å². The number of ether oxygens (including phenoxy) is 2. The van der Waals surface area contributed by atoms with Gasteiger partial charge in [0.1, 0.15) is 9.77 Å². The molecule has 1 saturated heterocycles. The van der Waals surface area contributed by atoms with Crippen molar-refractivity contribution in [2.75, 3.05) is 20.2 Å². The van der Waals surface area contributed by atoms with Gasteiger partial charge in [0.2, 0.25) is 10.0 Å². The first-order chi connectivity index (χ1) is 9.75. The Labute approximate surface area is 136 Å². The summed E-state index contributed by atoms with van der Waals surface area (Å²) >= 11 is 4.27. The lowest BCUT2D eigenvalue weighted by atomic mass is 10.3. The zero-order valence-electron chi connectivity index (χ0n) is 11.8. The van der Waals surface area contributed by atoms with Crippen LogP contribution in [0.2, 0.25) is 0 Å². The maximum atomic E-state index is 12.7. The van der Waals surface area contributed by atoms with Gasteiger partial charge in [0.05, 0.1) is 23.1 Å². The molecule has 0 aromatic carbocycles. The number of sulfonamides is 1. The molecule has 1 fully saturated rings. The van der Waals surface area contributed by atoms with E-state index in [2.05, 4.69) is 20.7 Å². The van der Waals surface area contributed by atoms with Crippen molar-refractivity contribution in [3.05, 3.63) is 14.7 Å². The molecule has 0 bridgehead atoms. The predicted molar refractivity (Wildman–Crippen MR) is 82.1 cm³/mol. The first-order valence-corrected chi connectivity index (χ1v) is 9.34. The standard InChI is InChI=1S/C12H16BrNO5S2/c1-7-5-14(6-8(2)19-7)21(16,17)10-4-9(12(15)18-3)20-11(10)13/h4,7-8H,5-6H2,1-3H3/t7-,8-/m1/s1. The SMILES string of the molecule is COC(=O)c1cc(S(=O)(=O)N2C[C@@H](C)O[C@H](C)C2)c(Br)s1. The second-order valence-electron chi connectivity index (χ2n) is 4.82. The summed E-state index contributed by atoms with van der Waals surface area (Å²) in [6.45, 7) is 4.26. The van der Waals surface area contributed by atoms with Gasteiger partial charge in [0, 0.05) is 13.1 Å². The number of carbonyl (C=O) groups is 1. The first kappa shape index (κ1) is 16.9. The molecule has 0 saturated carbocycles. The van der Waals surface area contributed by atoms with E-state index < -0.39 is 16.0 Å². The van der Waals surface area contributed by atoms with Gasteiger partial charge in [-0.15, -0.1) is 11.3 Å². The molecule has 2 heterocycles. The van der Waals surface area contributed by atoms with Crippen LogP contribution in [-0.2, 0) is 19.5 Å². The van der Waals surface area contributed by atoms with E-state index in [-0.39, 0.29) is 22.0 Å². The summed E-state index contributed by atoms with van der Waals surface area (Å²) in [5.74, 6) is -0.550. The number of carbonyl (C=O) groups excluding carboxylic acids is 1. The van der Waals surface area contributed by atoms with E-state index in [1.165, 1.54) is 17.5 Å². The molecular weight excluding hydrogens is 382 g/mol. The second-order valence-corrected chi connectivity index (χ2v) is 9.10. The van der Waals surface area contributed by atoms with Gasteiger partial charge in [-0.25, -0.2) is 13.2 Å². The Morgan fingerprint density at radius 2 is 2.00 bits per heavy atom. The highest BCUT2D eigenvalue weighted by atomic mass is 79.9. The lowest BCUT2D eigenvalue weighted by Crippen LogP contribution is -2.48. The number of halogens is 1. The number of hydrogen-bond donors (Lipinski definition) is 0. The monoisotopic (exact) mass is 397 g/mol. The van der Waals surface area contributed by atoms with Crippen molar-refractivity contribution >= 4 is 43.3 Å². The molecule has 1 aliphatic heterocycles. The minimum atomic E-state index is -3.67. The Balaban J connectivity index is 2.35. The predicted octanol–water partition coefficient (Wildman–Crippen LogP) is 2.10. The van der Waals surface area contributed by atoms with Gasteiger partial charge < -0.3 is 9.47 Å². The van der Waals surface area contributed by atoms with Crippen molar-refractivity contribution in [3.8, 4) is 0 Å². The van der Waals surface area contributed by atoms with Gasteiger partial charge in [-0.05, 0) is 35.8 Å². The maximum Gasteiger partial charge on any atom is 0.348 e. The maximum absolute atomic E-state index is 12.7. The molecule has 1 aromatic rings. The van der Waals surface area contributed by atoms with Crippen molar-refractivity contribution in [1.82, 2.24) is 4.31 Å². The van der Waals surface area contributed by atoms with Crippen LogP contribution in [0.5, 0.6) is 0 Å². The number of morpholine rings is 1. The number of nitrogens with zero attached hydrogens (tertiary/aromatic N) is 1. The van der Waals surface area contributed by atoms with Crippen molar-refractivity contribution < 1.29 is 22.7 Å². The van der Waals surface area contributed by atoms with E-state index in [9.17, 15) is 13.2 Å². The number of hydrogen-bond acceptors (Lipinski definition) is 6. The Kier molecular flexibility index (Phi) is 5.09. The molecule has 21 heavy (non-hydrogen) atoms. The zero-order valence-corrected chi connectivity index (χ0v) is 15.0. The topological polar surface area (TPSA) is 72.9 Å². The normalized spacial score (nSPS) is 24.0. The van der Waals surface area contributed by atoms with E-state index in [1.807, 2.05) is 13.8 Å². The van der Waals surface area contributed by atoms with Gasteiger partial charge in [-0.3, -0.25) is 0 Å². The quantitative estimate of drug-likeness (QED) is 0.730. The molecule has 0 spiro atoms. The molecule has 0 unspecified atom stereocenters. The van der Waals surface area contributed by atoms with Gasteiger partial charge in [0.25, 0.3) is 0 Å². The zero-order chi connectivity index (χ0) is 15.8. The molecule has 0 N–H and O–H groups in total. The highest BCUT2D eigenvalue weighted by molar-refractivity contribution is 9.11. The molecule has 2 rings (SSSR count). The lowest BCUT2D eigenvalue weighted by molar-refractivity contribution is -0.0440. The fourth-order valence-corrected chi connectivity index (χ4v) is 6.22. The molecule has 2 atom stereocenters. The van der Waals surface area contributed by atoms with E-state index in [0.29, 0.717) is 16.9 Å². The molecule has 0 aliphatic carbocycles. The Hall–Kier alpha value is -0.480. The number of esters is 1. The third-order valence-electron chi connectivity index (χ3n) is 3.05. The third-order valence-corrected chi connectivity index (χ3v) is 7.11. The third kappa shape index (κ3) is 3.48. The Morgan fingerprint density at radius 3 is 2.52 bits per heavy atom. The number of rotatable bonds is 3. The highest BCUT2D eigenvalue weighted by Gasteiger charge is 2.34. The van der Waals surface area contributed by atoms with Crippen LogP contribution in [0.25, 0.3) is 0 Å². The minimum Gasteiger partial charge on any atom is -0.465 e. The van der Waals surface area contributed by atoms with Crippen LogP contribution >= 0.6 is 27.3 Å². The van der Waals surface area contributed by atoms with Crippen molar-refractivity contribution in [2.45, 2.75) is 31.0 Å². The molecule has 9 heteroatoms. The van der Waals surface area contributed by atoms with Gasteiger partial charge in [-0.1, -0.05) is 0 Å². The fourth-order valence-electron chi connectivity index (χ4n) is 2.20. The largest absolute Gasteiger partial charge is 0.465 e. The summed E-state index contributed by atoms with van der Waals surface area (Å²) in [5.41, 5.74) is 0. The van der Waals surface area contributed by atoms with E-state index in [1.54, 1.807) is 0 Å². The average Bonchev–Trinajstić information content (AvgIpc) is 2.79. The summed E-state index contributed by atoms with van der Waals surface area (Å²) < 4.78 is 37.4. The van der Waals surface area contributed by atoms with Crippen molar-refractivity contribution in [2.24, 2.45) is 0 Å². The number of methoxy groups -OCH3 is 1. The molecule has 118 valence electrons. The molecule has 6 nitrogen and oxygen atoms in total. The first-order valence-electron chi connectivity index (χ1n) is 6.29. The molecule has 0 amide bonds. The molecule has 1 aliphatic rings. The molecular formula is C12H16BrNO5S2. The molecule has 0 radical (unpaired) electrons. The number of thiophene rings is 1. The van der Waals surface area contributed by atoms with Crippen LogP contribution in [0.3, 0.4) is 0 Å². The summed E-state index contributed by atoms with van der Waals surface area (Å²) in [4.78, 5) is 11.9. The van der Waals surface area contributed by atoms with Gasteiger partial charge in [0.15, 0.2) is 0 Å². The summed E-state index contributed by atoms with van der Waals surface area (Å²) in [7, 11) is -2.41. The van der Waals surface area contributed by atoms with E-state index in [4.69, 9.17) is 4.74 Å². The van der Waals surface area contributed by atoms with Crippen LogP contribution in [0.1, 0.15) is 23.5 Å². The van der Waals surface area contributed by atoms with Crippen LogP contribution in [0.15, 0.2) is 14.7 Å². The molecule has 1 aromatic heterocycles. The smallest absolute Gasteiger partial charge is 0.348 e.